The van der Waals surface area contributed by atoms with E-state index in [9.17, 15) is 4.79 Å². The first-order chi connectivity index (χ1) is 14.1. The van der Waals surface area contributed by atoms with Gasteiger partial charge in [0.1, 0.15) is 0 Å². The normalized spacial score (nSPS) is 47.1. The van der Waals surface area contributed by atoms with Crippen molar-refractivity contribution >= 4 is 5.91 Å². The number of hydrogen-bond donors (Lipinski definition) is 0. The highest BCUT2D eigenvalue weighted by molar-refractivity contribution is 5.77. The Morgan fingerprint density at radius 2 is 1.70 bits per heavy atom. The molecule has 9 atom stereocenters. The van der Waals surface area contributed by atoms with E-state index in [0.717, 1.165) is 54.3 Å². The Hall–Kier alpha value is -0.530. The minimum Gasteiger partial charge on any atom is -0.342 e. The summed E-state index contributed by atoms with van der Waals surface area (Å²) in [4.78, 5) is 14.6. The van der Waals surface area contributed by atoms with Crippen LogP contribution in [0.25, 0.3) is 0 Å². The van der Waals surface area contributed by atoms with E-state index in [1.54, 1.807) is 0 Å². The van der Waals surface area contributed by atoms with Crippen LogP contribution in [0.2, 0.25) is 0 Å². The fourth-order valence-electron chi connectivity index (χ4n) is 9.49. The average molecular weight is 416 g/mol. The van der Waals surface area contributed by atoms with E-state index in [-0.39, 0.29) is 0 Å². The summed E-state index contributed by atoms with van der Waals surface area (Å²) in [6.45, 7) is 15.1. The highest BCUT2D eigenvalue weighted by atomic mass is 16.2. The van der Waals surface area contributed by atoms with Gasteiger partial charge in [-0.25, -0.2) is 0 Å². The minimum absolute atomic E-state index is 0.349. The maximum Gasteiger partial charge on any atom is 0.222 e. The highest BCUT2D eigenvalue weighted by Crippen LogP contribution is 2.68. The Morgan fingerprint density at radius 3 is 2.40 bits per heavy atom. The second-order valence-corrected chi connectivity index (χ2v) is 13.1. The zero-order valence-electron chi connectivity index (χ0n) is 21.0. The topological polar surface area (TPSA) is 20.3 Å². The summed E-state index contributed by atoms with van der Waals surface area (Å²) in [5.41, 5.74) is 0.911. The summed E-state index contributed by atoms with van der Waals surface area (Å²) in [6.07, 6.45) is 13.2. The summed E-state index contributed by atoms with van der Waals surface area (Å²) >= 11 is 0. The van der Waals surface area contributed by atoms with E-state index in [2.05, 4.69) is 53.5 Å². The summed E-state index contributed by atoms with van der Waals surface area (Å²) in [6, 6.07) is 0.478. The van der Waals surface area contributed by atoms with Crippen molar-refractivity contribution in [2.45, 2.75) is 112 Å². The largest absolute Gasteiger partial charge is 0.342 e. The Balaban J connectivity index is 1.53. The maximum atomic E-state index is 12.5. The van der Waals surface area contributed by atoms with Crippen molar-refractivity contribution in [3.8, 4) is 0 Å². The number of nitrogens with zero attached hydrogens (tertiary/aromatic N) is 1. The van der Waals surface area contributed by atoms with E-state index >= 15 is 0 Å². The van der Waals surface area contributed by atoms with Crippen molar-refractivity contribution in [3.05, 3.63) is 0 Å². The number of amides is 1. The summed E-state index contributed by atoms with van der Waals surface area (Å²) in [5.74, 6) is 6.46. The van der Waals surface area contributed by atoms with E-state index in [4.69, 9.17) is 0 Å². The molecule has 0 bridgehead atoms. The molecule has 1 heterocycles. The van der Waals surface area contributed by atoms with Crippen LogP contribution in [0.3, 0.4) is 0 Å². The molecule has 172 valence electrons. The smallest absolute Gasteiger partial charge is 0.222 e. The zero-order valence-corrected chi connectivity index (χ0v) is 21.0. The SMILES string of the molecule is CC(C)CCC[C@@H](C)[C@H]1CC[C@H]2[C@@H]3C(C)CC4N(C)C(=O)CC[C@]4(C)[C@H]3CC[C@]12C. The van der Waals surface area contributed by atoms with Crippen LogP contribution in [0.4, 0.5) is 0 Å². The molecule has 1 amide bonds. The summed E-state index contributed by atoms with van der Waals surface area (Å²) in [5, 5.41) is 0. The molecule has 3 saturated carbocycles. The van der Waals surface area contributed by atoms with Gasteiger partial charge in [-0.2, -0.15) is 0 Å². The van der Waals surface area contributed by atoms with E-state index < -0.39 is 0 Å². The molecule has 2 unspecified atom stereocenters. The first-order valence-electron chi connectivity index (χ1n) is 13.3. The molecular formula is C28H49NO. The van der Waals surface area contributed by atoms with Crippen LogP contribution in [-0.2, 0) is 4.79 Å². The van der Waals surface area contributed by atoms with Crippen LogP contribution in [0.5, 0.6) is 0 Å². The molecular weight excluding hydrogens is 366 g/mol. The van der Waals surface area contributed by atoms with Crippen molar-refractivity contribution in [2.75, 3.05) is 7.05 Å². The van der Waals surface area contributed by atoms with Crippen LogP contribution in [0.15, 0.2) is 0 Å². The van der Waals surface area contributed by atoms with Gasteiger partial charge < -0.3 is 4.90 Å². The third kappa shape index (κ3) is 3.47. The quantitative estimate of drug-likeness (QED) is 0.466. The molecule has 0 aromatic rings. The number of piperidine rings is 1. The van der Waals surface area contributed by atoms with E-state index in [1.165, 1.54) is 51.4 Å². The standard InChI is InChI=1S/C28H49NO/c1-18(2)9-8-10-19(3)21-11-12-22-26-20(4)17-24-28(6,16-14-25(30)29(24)7)23(26)13-15-27(21,22)5/h18-24,26H,8-17H2,1-7H3/t19-,20?,21-,22+,23+,24?,26+,27-,28-/m1/s1. The lowest BCUT2D eigenvalue weighted by Gasteiger charge is -2.64. The number of carbonyl (C=O) groups excluding carboxylic acids is 1. The van der Waals surface area contributed by atoms with Crippen molar-refractivity contribution in [1.82, 2.24) is 4.90 Å². The lowest BCUT2D eigenvalue weighted by atomic mass is 9.44. The van der Waals surface area contributed by atoms with Gasteiger partial charge in [0.2, 0.25) is 5.91 Å². The van der Waals surface area contributed by atoms with Gasteiger partial charge in [-0.3, -0.25) is 4.79 Å². The number of rotatable bonds is 5. The Morgan fingerprint density at radius 1 is 1.00 bits per heavy atom. The third-order valence-electron chi connectivity index (χ3n) is 11.1. The molecule has 2 heteroatoms. The summed E-state index contributed by atoms with van der Waals surface area (Å²) in [7, 11) is 2.09. The minimum atomic E-state index is 0.349. The predicted molar refractivity (Wildman–Crippen MR) is 126 cm³/mol. The lowest BCUT2D eigenvalue weighted by molar-refractivity contribution is -0.167. The van der Waals surface area contributed by atoms with E-state index in [1.807, 2.05) is 0 Å². The highest BCUT2D eigenvalue weighted by Gasteiger charge is 2.63. The Kier molecular flexibility index (Phi) is 6.12. The Bertz CT molecular complexity index is 643. The number of carbonyl (C=O) groups is 1. The molecule has 0 N–H and O–H groups in total. The fraction of sp³-hybridized carbons (Fsp3) is 0.964. The van der Waals surface area contributed by atoms with Crippen LogP contribution >= 0.6 is 0 Å². The van der Waals surface area contributed by atoms with Gasteiger partial charge in [0.25, 0.3) is 0 Å². The van der Waals surface area contributed by atoms with E-state index in [0.29, 0.717) is 22.8 Å². The number of fused-ring (bicyclic) bond motifs is 5. The zero-order chi connectivity index (χ0) is 21.8. The first kappa shape index (κ1) is 22.7. The lowest BCUT2D eigenvalue weighted by Crippen LogP contribution is -2.63. The van der Waals surface area contributed by atoms with Gasteiger partial charge in [-0.15, -0.1) is 0 Å². The van der Waals surface area contributed by atoms with Gasteiger partial charge in [-0.1, -0.05) is 60.8 Å². The Labute approximate surface area is 186 Å². The van der Waals surface area contributed by atoms with Crippen molar-refractivity contribution in [3.63, 3.8) is 0 Å². The fourth-order valence-corrected chi connectivity index (χ4v) is 9.49. The van der Waals surface area contributed by atoms with Gasteiger partial charge in [0.05, 0.1) is 0 Å². The van der Waals surface area contributed by atoms with Gasteiger partial charge in [0.15, 0.2) is 0 Å². The molecule has 0 aromatic carbocycles. The molecule has 0 aromatic heterocycles. The first-order valence-corrected chi connectivity index (χ1v) is 13.3. The van der Waals surface area contributed by atoms with Crippen molar-refractivity contribution in [1.29, 1.82) is 0 Å². The molecule has 0 spiro atoms. The molecule has 3 aliphatic carbocycles. The van der Waals surface area contributed by atoms with Crippen LogP contribution in [0, 0.1) is 52.3 Å². The van der Waals surface area contributed by atoms with Gasteiger partial charge in [0, 0.05) is 19.5 Å². The molecule has 30 heavy (non-hydrogen) atoms. The molecule has 4 fully saturated rings. The maximum absolute atomic E-state index is 12.5. The van der Waals surface area contributed by atoms with Gasteiger partial charge in [-0.05, 0) is 90.8 Å². The van der Waals surface area contributed by atoms with Gasteiger partial charge >= 0.3 is 0 Å². The molecule has 1 saturated heterocycles. The number of likely N-dealkylation sites (tertiary alicyclic amines) is 1. The second-order valence-electron chi connectivity index (χ2n) is 13.1. The van der Waals surface area contributed by atoms with Crippen LogP contribution in [0.1, 0.15) is 106 Å². The molecule has 4 rings (SSSR count). The number of hydrogen-bond acceptors (Lipinski definition) is 1. The molecule has 2 nitrogen and oxygen atoms in total. The molecule has 1 aliphatic heterocycles. The molecule has 0 radical (unpaired) electrons. The van der Waals surface area contributed by atoms with Crippen molar-refractivity contribution < 1.29 is 4.79 Å². The predicted octanol–water partition coefficient (Wildman–Crippen LogP) is 7.17. The van der Waals surface area contributed by atoms with Crippen molar-refractivity contribution in [2.24, 2.45) is 52.3 Å². The third-order valence-corrected chi connectivity index (χ3v) is 11.1. The second kappa shape index (κ2) is 8.11. The average Bonchev–Trinajstić information content (AvgIpc) is 3.03. The monoisotopic (exact) mass is 415 g/mol. The summed E-state index contributed by atoms with van der Waals surface area (Å²) < 4.78 is 0. The van der Waals surface area contributed by atoms with Crippen LogP contribution in [-0.4, -0.2) is 23.9 Å². The molecule has 4 aliphatic rings. The van der Waals surface area contributed by atoms with Crippen LogP contribution < -0.4 is 0 Å².